The van der Waals surface area contributed by atoms with Crippen LogP contribution in [0.4, 0.5) is 13.2 Å². The normalized spacial score (nSPS) is 10.8. The number of rotatable bonds is 3. The quantitative estimate of drug-likeness (QED) is 0.622. The van der Waals surface area contributed by atoms with Crippen LogP contribution in [0.2, 0.25) is 0 Å². The molecule has 0 fully saturated rings. The minimum Gasteiger partial charge on any atom is -0.404 e. The molecular weight excluding hydrogens is 259 g/mol. The van der Waals surface area contributed by atoms with Crippen molar-refractivity contribution in [3.05, 3.63) is 29.3 Å². The summed E-state index contributed by atoms with van der Waals surface area (Å²) in [7, 11) is 0. The van der Waals surface area contributed by atoms with Gasteiger partial charge in [0.25, 0.3) is 0 Å². The fourth-order valence-electron chi connectivity index (χ4n) is 1.16. The molecule has 0 saturated heterocycles. The minimum absolute atomic E-state index is 0.191. The molecule has 0 aliphatic heterocycles. The number of ether oxygens (including phenoxy) is 1. The lowest BCUT2D eigenvalue weighted by Gasteiger charge is -2.11. The van der Waals surface area contributed by atoms with E-state index in [0.29, 0.717) is 0 Å². The fraction of sp³-hybridized carbons (Fsp3) is 0.200. The van der Waals surface area contributed by atoms with Gasteiger partial charge in [0.2, 0.25) is 0 Å². The zero-order valence-electron chi connectivity index (χ0n) is 8.21. The third-order valence-corrected chi connectivity index (χ3v) is 2.03. The smallest absolute Gasteiger partial charge is 0.404 e. The van der Waals surface area contributed by atoms with Crippen LogP contribution in [0.25, 0.3) is 0 Å². The molecule has 3 nitrogen and oxygen atoms in total. The molecule has 0 radical (unpaired) electrons. The van der Waals surface area contributed by atoms with Gasteiger partial charge in [-0.2, -0.15) is 5.26 Å². The molecule has 0 aliphatic carbocycles. The lowest BCUT2D eigenvalue weighted by molar-refractivity contribution is -0.274. The first kappa shape index (κ1) is 13.3. The highest BCUT2D eigenvalue weighted by atomic mass is 35.5. The molecule has 1 rings (SSSR count). The van der Waals surface area contributed by atoms with E-state index in [0.717, 1.165) is 6.07 Å². The Morgan fingerprint density at radius 1 is 1.47 bits per heavy atom. The molecule has 90 valence electrons. The molecule has 0 spiro atoms. The summed E-state index contributed by atoms with van der Waals surface area (Å²) in [6, 6.07) is 4.85. The highest BCUT2D eigenvalue weighted by molar-refractivity contribution is 6.30. The fourth-order valence-corrected chi connectivity index (χ4v) is 1.30. The predicted octanol–water partition coefficient (Wildman–Crippen LogP) is 2.88. The van der Waals surface area contributed by atoms with E-state index < -0.39 is 29.3 Å². The summed E-state index contributed by atoms with van der Waals surface area (Å²) in [6.45, 7) is 0. The number of hydrogen-bond acceptors (Lipinski definition) is 3. The van der Waals surface area contributed by atoms with E-state index >= 15 is 0 Å². The highest BCUT2D eigenvalue weighted by Gasteiger charge is 2.32. The van der Waals surface area contributed by atoms with Crippen LogP contribution < -0.4 is 4.74 Å². The molecule has 0 unspecified atom stereocenters. The molecule has 0 amide bonds. The van der Waals surface area contributed by atoms with Crippen LogP contribution in [0.15, 0.2) is 18.2 Å². The molecular formula is C10H5ClF3NO2. The average molecular weight is 264 g/mol. The second-order valence-corrected chi connectivity index (χ2v) is 3.16. The maximum absolute atomic E-state index is 12.0. The first-order valence-corrected chi connectivity index (χ1v) is 4.80. The summed E-state index contributed by atoms with van der Waals surface area (Å²) in [6.07, 6.45) is -4.92. The first-order valence-electron chi connectivity index (χ1n) is 4.27. The molecule has 7 heteroatoms. The molecule has 0 aliphatic rings. The lowest BCUT2D eigenvalue weighted by Crippen LogP contribution is -2.18. The Balaban J connectivity index is 3.25. The summed E-state index contributed by atoms with van der Waals surface area (Å²) >= 11 is 5.28. The second kappa shape index (κ2) is 5.06. The zero-order valence-corrected chi connectivity index (χ0v) is 8.97. The Bertz CT molecular complexity index is 479. The van der Waals surface area contributed by atoms with E-state index in [1.54, 1.807) is 0 Å². The second-order valence-electron chi connectivity index (χ2n) is 2.90. The van der Waals surface area contributed by atoms with Gasteiger partial charge in [0.1, 0.15) is 17.4 Å². The van der Waals surface area contributed by atoms with Crippen molar-refractivity contribution in [1.29, 1.82) is 5.26 Å². The molecule has 0 bridgehead atoms. The van der Waals surface area contributed by atoms with Gasteiger partial charge >= 0.3 is 6.36 Å². The van der Waals surface area contributed by atoms with Crippen LogP contribution in [0, 0.1) is 11.3 Å². The van der Waals surface area contributed by atoms with Crippen molar-refractivity contribution in [1.82, 2.24) is 0 Å². The largest absolute Gasteiger partial charge is 0.573 e. The highest BCUT2D eigenvalue weighted by Crippen LogP contribution is 2.28. The van der Waals surface area contributed by atoms with Gasteiger partial charge in [-0.15, -0.1) is 24.8 Å². The zero-order chi connectivity index (χ0) is 13.1. The molecule has 1 aromatic carbocycles. The summed E-state index contributed by atoms with van der Waals surface area (Å²) in [4.78, 5) is 11.3. The van der Waals surface area contributed by atoms with Crippen molar-refractivity contribution in [2.45, 2.75) is 6.36 Å². The Morgan fingerprint density at radius 3 is 2.59 bits per heavy atom. The number of nitriles is 1. The first-order chi connectivity index (χ1) is 7.89. The minimum atomic E-state index is -4.92. The number of carbonyl (C=O) groups excluding carboxylic acids is 1. The molecule has 1 aromatic rings. The van der Waals surface area contributed by atoms with Gasteiger partial charge < -0.3 is 4.74 Å². The van der Waals surface area contributed by atoms with E-state index in [-0.39, 0.29) is 5.56 Å². The Kier molecular flexibility index (Phi) is 3.97. The van der Waals surface area contributed by atoms with E-state index in [2.05, 4.69) is 4.74 Å². The van der Waals surface area contributed by atoms with Gasteiger partial charge in [-0.25, -0.2) is 0 Å². The Labute approximate surface area is 99.4 Å². The van der Waals surface area contributed by atoms with Crippen molar-refractivity contribution in [2.75, 3.05) is 5.88 Å². The SMILES string of the molecule is N#Cc1c(OC(F)(F)F)cccc1C(=O)CCl. The average Bonchev–Trinajstić information content (AvgIpc) is 2.25. The lowest BCUT2D eigenvalue weighted by atomic mass is 10.0. The molecule has 0 heterocycles. The van der Waals surface area contributed by atoms with E-state index in [9.17, 15) is 18.0 Å². The molecule has 0 aromatic heterocycles. The van der Waals surface area contributed by atoms with Crippen LogP contribution >= 0.6 is 11.6 Å². The monoisotopic (exact) mass is 263 g/mol. The van der Waals surface area contributed by atoms with Crippen molar-refractivity contribution >= 4 is 17.4 Å². The maximum atomic E-state index is 12.0. The maximum Gasteiger partial charge on any atom is 0.573 e. The van der Waals surface area contributed by atoms with Gasteiger partial charge in [-0.05, 0) is 12.1 Å². The van der Waals surface area contributed by atoms with Crippen LogP contribution in [-0.2, 0) is 0 Å². The number of alkyl halides is 4. The predicted molar refractivity (Wildman–Crippen MR) is 52.9 cm³/mol. The third kappa shape index (κ3) is 3.36. The van der Waals surface area contributed by atoms with Crippen LogP contribution in [-0.4, -0.2) is 18.0 Å². The third-order valence-electron chi connectivity index (χ3n) is 1.79. The molecule has 0 atom stereocenters. The molecule has 0 N–H and O–H groups in total. The Hall–Kier alpha value is -1.74. The van der Waals surface area contributed by atoms with Gasteiger partial charge in [0.05, 0.1) is 5.88 Å². The summed E-state index contributed by atoms with van der Waals surface area (Å²) in [5.41, 5.74) is -0.667. The van der Waals surface area contributed by atoms with Crippen molar-refractivity contribution < 1.29 is 22.7 Å². The van der Waals surface area contributed by atoms with Gasteiger partial charge in [-0.3, -0.25) is 4.79 Å². The number of Topliss-reactive ketones (excluding diaryl/α,β-unsaturated/α-hetero) is 1. The van der Waals surface area contributed by atoms with Crippen molar-refractivity contribution in [2.24, 2.45) is 0 Å². The number of benzene rings is 1. The number of halogens is 4. The summed E-state index contributed by atoms with van der Waals surface area (Å²) < 4.78 is 39.7. The standard InChI is InChI=1S/C10H5ClF3NO2/c11-4-8(16)6-2-1-3-9(7(6)5-15)17-10(12,13)14/h1-3H,4H2. The molecule has 0 saturated carbocycles. The summed E-state index contributed by atoms with van der Waals surface area (Å²) in [5, 5.41) is 8.75. The van der Waals surface area contributed by atoms with Crippen LogP contribution in [0.5, 0.6) is 5.75 Å². The van der Waals surface area contributed by atoms with Gasteiger partial charge in [0, 0.05) is 5.56 Å². The number of ketones is 1. The van der Waals surface area contributed by atoms with Gasteiger partial charge in [-0.1, -0.05) is 6.07 Å². The van der Waals surface area contributed by atoms with Gasteiger partial charge in [0.15, 0.2) is 5.78 Å². The number of carbonyl (C=O) groups is 1. The Morgan fingerprint density at radius 2 is 2.12 bits per heavy atom. The van der Waals surface area contributed by atoms with E-state index in [1.165, 1.54) is 18.2 Å². The van der Waals surface area contributed by atoms with Crippen LogP contribution in [0.1, 0.15) is 15.9 Å². The van der Waals surface area contributed by atoms with Crippen molar-refractivity contribution in [3.8, 4) is 11.8 Å². The topological polar surface area (TPSA) is 50.1 Å². The molecule has 17 heavy (non-hydrogen) atoms. The van der Waals surface area contributed by atoms with E-state index in [4.69, 9.17) is 16.9 Å². The number of nitrogens with zero attached hydrogens (tertiary/aromatic N) is 1. The van der Waals surface area contributed by atoms with Crippen LogP contribution in [0.3, 0.4) is 0 Å². The van der Waals surface area contributed by atoms with Crippen molar-refractivity contribution in [3.63, 3.8) is 0 Å². The van der Waals surface area contributed by atoms with E-state index in [1.807, 2.05) is 0 Å². The summed E-state index contributed by atoms with van der Waals surface area (Å²) in [5.74, 6) is -1.78. The number of hydrogen-bond donors (Lipinski definition) is 0.